The molecular weight excluding hydrogens is 386 g/mol. The number of likely N-dealkylation sites (N-methyl/N-ethyl adjacent to an activating group) is 1. The molecule has 0 spiro atoms. The number of aryl methyl sites for hydroxylation is 2. The number of fused-ring (bicyclic) bond motifs is 1. The summed E-state index contributed by atoms with van der Waals surface area (Å²) in [5, 5.41) is 9.26. The van der Waals surface area contributed by atoms with Crippen molar-refractivity contribution >= 4 is 16.5 Å². The third-order valence-electron chi connectivity index (χ3n) is 5.58. The number of hydrogen-bond acceptors (Lipinski definition) is 5. The molecule has 31 heavy (non-hydrogen) atoms. The van der Waals surface area contributed by atoms with Gasteiger partial charge in [0.2, 0.25) is 0 Å². The molecule has 0 saturated heterocycles. The Hall–Kier alpha value is -3.48. The number of benzene rings is 2. The number of hydrogen-bond donors (Lipinski definition) is 0. The molecule has 1 aliphatic heterocycles. The normalized spacial score (nSPS) is 14.4. The molecule has 0 N–H and O–H groups in total. The fourth-order valence-electron chi connectivity index (χ4n) is 3.89. The van der Waals surface area contributed by atoms with Crippen LogP contribution in [-0.4, -0.2) is 38.5 Å². The number of aromatic nitrogens is 3. The number of nitrogens with zero attached hydrogens (tertiary/aromatic N) is 5. The van der Waals surface area contributed by atoms with Crippen LogP contribution in [0.3, 0.4) is 0 Å². The van der Waals surface area contributed by atoms with Gasteiger partial charge in [0, 0.05) is 43.4 Å². The molecule has 6 nitrogen and oxygen atoms in total. The zero-order chi connectivity index (χ0) is 21.4. The van der Waals surface area contributed by atoms with E-state index >= 15 is 0 Å². The average molecular weight is 412 g/mol. The predicted molar refractivity (Wildman–Crippen MR) is 122 cm³/mol. The van der Waals surface area contributed by atoms with Crippen LogP contribution in [0.25, 0.3) is 27.7 Å². The van der Waals surface area contributed by atoms with Gasteiger partial charge in [0.1, 0.15) is 6.61 Å². The van der Waals surface area contributed by atoms with Crippen LogP contribution in [0.15, 0.2) is 73.2 Å². The van der Waals surface area contributed by atoms with E-state index in [1.54, 1.807) is 5.17 Å². The second kappa shape index (κ2) is 7.98. The highest BCUT2D eigenvalue weighted by Gasteiger charge is 2.21. The third kappa shape index (κ3) is 3.95. The molecule has 0 aliphatic carbocycles. The quantitative estimate of drug-likeness (QED) is 0.481. The average Bonchev–Trinajstić information content (AvgIpc) is 3.37. The van der Waals surface area contributed by atoms with Gasteiger partial charge >= 0.3 is 0 Å². The van der Waals surface area contributed by atoms with Crippen LogP contribution < -0.4 is 0 Å². The Morgan fingerprint density at radius 1 is 1.00 bits per heavy atom. The summed E-state index contributed by atoms with van der Waals surface area (Å²) in [6.07, 6.45) is 5.92. The monoisotopic (exact) mass is 411 g/mol. The van der Waals surface area contributed by atoms with E-state index in [4.69, 9.17) is 9.82 Å². The van der Waals surface area contributed by atoms with Gasteiger partial charge in [-0.1, -0.05) is 42.5 Å². The van der Waals surface area contributed by atoms with Crippen molar-refractivity contribution < 1.29 is 4.84 Å². The summed E-state index contributed by atoms with van der Waals surface area (Å²) in [5.74, 6) is 0. The van der Waals surface area contributed by atoms with Gasteiger partial charge in [-0.2, -0.15) is 15.3 Å². The molecule has 0 atom stereocenters. The standard InChI is InChI=1S/C25H25N5O/c1-18-12-21-6-4-5-7-24(21)27-25(18)20-10-8-19(9-11-20)17-31-30-16-23(15-29(30)3)22-13-26-28(2)14-22/h4-14,16H,15,17H2,1-3H3. The van der Waals surface area contributed by atoms with Crippen molar-refractivity contribution in [1.29, 1.82) is 0 Å². The van der Waals surface area contributed by atoms with E-state index in [0.29, 0.717) is 6.61 Å². The lowest BCUT2D eigenvalue weighted by Crippen LogP contribution is -2.31. The molecule has 0 unspecified atom stereocenters. The van der Waals surface area contributed by atoms with Crippen molar-refractivity contribution in [2.24, 2.45) is 7.05 Å². The first-order chi connectivity index (χ1) is 15.1. The summed E-state index contributed by atoms with van der Waals surface area (Å²) in [7, 11) is 3.94. The minimum absolute atomic E-state index is 0.492. The Morgan fingerprint density at radius 2 is 1.81 bits per heavy atom. The molecular formula is C25H25N5O. The lowest BCUT2D eigenvalue weighted by Gasteiger charge is -2.23. The van der Waals surface area contributed by atoms with Crippen LogP contribution in [-0.2, 0) is 18.5 Å². The maximum absolute atomic E-state index is 6.03. The van der Waals surface area contributed by atoms with Gasteiger partial charge in [-0.05, 0) is 35.8 Å². The molecule has 6 heteroatoms. The van der Waals surface area contributed by atoms with Crippen LogP contribution in [0.2, 0.25) is 0 Å². The maximum Gasteiger partial charge on any atom is 0.102 e. The van der Waals surface area contributed by atoms with Crippen LogP contribution in [0.4, 0.5) is 0 Å². The Labute approximate surface area is 181 Å². The van der Waals surface area contributed by atoms with E-state index in [9.17, 15) is 0 Å². The number of pyridine rings is 1. The lowest BCUT2D eigenvalue weighted by molar-refractivity contribution is -0.236. The minimum Gasteiger partial charge on any atom is -0.275 e. The molecule has 4 aromatic rings. The molecule has 0 bridgehead atoms. The maximum atomic E-state index is 6.03. The smallest absolute Gasteiger partial charge is 0.102 e. The van der Waals surface area contributed by atoms with Gasteiger partial charge in [0.05, 0.1) is 23.6 Å². The largest absolute Gasteiger partial charge is 0.275 e. The second-order valence-electron chi connectivity index (χ2n) is 7.99. The predicted octanol–water partition coefficient (Wildman–Crippen LogP) is 4.58. The van der Waals surface area contributed by atoms with Crippen molar-refractivity contribution in [2.45, 2.75) is 13.5 Å². The Bertz CT molecular complexity index is 1260. The Kier molecular flexibility index (Phi) is 5.02. The molecule has 0 radical (unpaired) electrons. The number of para-hydroxylation sites is 1. The molecule has 5 rings (SSSR count). The van der Waals surface area contributed by atoms with Gasteiger partial charge in [0.15, 0.2) is 0 Å². The first-order valence-electron chi connectivity index (χ1n) is 10.4. The van der Waals surface area contributed by atoms with Crippen molar-refractivity contribution in [1.82, 2.24) is 24.9 Å². The SMILES string of the molecule is Cc1cc2ccccc2nc1-c1ccc(CON2C=C(c3cnn(C)c3)CN2C)cc1. The van der Waals surface area contributed by atoms with Crippen molar-refractivity contribution in [3.63, 3.8) is 0 Å². The van der Waals surface area contributed by atoms with Crippen molar-refractivity contribution in [2.75, 3.05) is 13.6 Å². The molecule has 0 saturated carbocycles. The molecule has 2 aromatic heterocycles. The van der Waals surface area contributed by atoms with Gasteiger partial charge in [-0.15, -0.1) is 0 Å². The number of rotatable bonds is 5. The Morgan fingerprint density at radius 3 is 2.58 bits per heavy atom. The fourth-order valence-corrected chi connectivity index (χ4v) is 3.89. The zero-order valence-corrected chi connectivity index (χ0v) is 18.0. The lowest BCUT2D eigenvalue weighted by atomic mass is 10.0. The van der Waals surface area contributed by atoms with E-state index in [1.807, 2.05) is 54.5 Å². The topological polar surface area (TPSA) is 46.4 Å². The van der Waals surface area contributed by atoms with E-state index < -0.39 is 0 Å². The molecule has 3 heterocycles. The first-order valence-corrected chi connectivity index (χ1v) is 10.4. The third-order valence-corrected chi connectivity index (χ3v) is 5.58. The van der Waals surface area contributed by atoms with E-state index in [0.717, 1.165) is 34.4 Å². The zero-order valence-electron chi connectivity index (χ0n) is 18.0. The number of hydroxylamine groups is 1. The first kappa shape index (κ1) is 19.5. The molecule has 1 aliphatic rings. The molecule has 0 amide bonds. The summed E-state index contributed by atoms with van der Waals surface area (Å²) < 4.78 is 1.81. The number of hydrazine groups is 1. The highest BCUT2D eigenvalue weighted by atomic mass is 16.7. The highest BCUT2D eigenvalue weighted by Crippen LogP contribution is 2.26. The molecule has 156 valence electrons. The minimum atomic E-state index is 0.492. The molecule has 0 fully saturated rings. The van der Waals surface area contributed by atoms with Crippen LogP contribution >= 0.6 is 0 Å². The summed E-state index contributed by atoms with van der Waals surface area (Å²) in [6.45, 7) is 3.39. The van der Waals surface area contributed by atoms with E-state index in [2.05, 4.69) is 54.5 Å². The van der Waals surface area contributed by atoms with Gasteiger partial charge in [0.25, 0.3) is 0 Å². The second-order valence-corrected chi connectivity index (χ2v) is 7.99. The van der Waals surface area contributed by atoms with Crippen LogP contribution in [0.5, 0.6) is 0 Å². The van der Waals surface area contributed by atoms with E-state index in [1.165, 1.54) is 16.5 Å². The molecule has 2 aromatic carbocycles. The summed E-state index contributed by atoms with van der Waals surface area (Å²) in [5.41, 5.74) is 7.74. The van der Waals surface area contributed by atoms with Gasteiger partial charge in [-0.25, -0.2) is 4.98 Å². The van der Waals surface area contributed by atoms with Crippen LogP contribution in [0.1, 0.15) is 16.7 Å². The summed E-state index contributed by atoms with van der Waals surface area (Å²) in [6, 6.07) is 18.9. The summed E-state index contributed by atoms with van der Waals surface area (Å²) >= 11 is 0. The highest BCUT2D eigenvalue weighted by molar-refractivity contribution is 5.83. The Balaban J connectivity index is 1.29. The van der Waals surface area contributed by atoms with Gasteiger partial charge in [-0.3, -0.25) is 9.52 Å². The van der Waals surface area contributed by atoms with Crippen molar-refractivity contribution in [3.05, 3.63) is 89.9 Å². The van der Waals surface area contributed by atoms with Crippen LogP contribution in [0, 0.1) is 6.92 Å². The van der Waals surface area contributed by atoms with Crippen molar-refractivity contribution in [3.8, 4) is 11.3 Å². The van der Waals surface area contributed by atoms with E-state index in [-0.39, 0.29) is 0 Å². The summed E-state index contributed by atoms with van der Waals surface area (Å²) in [4.78, 5) is 10.9. The fraction of sp³-hybridized carbons (Fsp3) is 0.200. The van der Waals surface area contributed by atoms with Gasteiger partial charge < -0.3 is 0 Å².